The molecule has 0 aliphatic rings. The molecule has 0 unspecified atom stereocenters. The molecule has 0 aliphatic heterocycles. The number of hydrogen-bond acceptors (Lipinski definition) is 2. The molecule has 0 bridgehead atoms. The Morgan fingerprint density at radius 3 is 2.43 bits per heavy atom. The van der Waals surface area contributed by atoms with Crippen LogP contribution in [0.4, 0.5) is 8.78 Å². The van der Waals surface area contributed by atoms with Crippen molar-refractivity contribution in [1.82, 2.24) is 4.90 Å². The summed E-state index contributed by atoms with van der Waals surface area (Å²) < 4.78 is 23.8. The van der Waals surface area contributed by atoms with Gasteiger partial charge in [0.25, 0.3) is 6.43 Å². The number of rotatable bonds is 6. The topological polar surface area (TPSA) is 27.0 Å². The van der Waals surface area contributed by atoms with E-state index in [1.807, 2.05) is 13.8 Å². The van der Waals surface area contributed by atoms with Gasteiger partial charge in [-0.2, -0.15) is 5.26 Å². The quantitative estimate of drug-likeness (QED) is 0.664. The van der Waals surface area contributed by atoms with Crippen LogP contribution in [-0.2, 0) is 0 Å². The first-order valence-corrected chi connectivity index (χ1v) is 4.75. The van der Waals surface area contributed by atoms with Crippen molar-refractivity contribution in [3.8, 4) is 6.07 Å². The van der Waals surface area contributed by atoms with Gasteiger partial charge in [0.05, 0.1) is 18.0 Å². The van der Waals surface area contributed by atoms with Crippen molar-refractivity contribution in [2.75, 3.05) is 20.1 Å². The Kier molecular flexibility index (Phi) is 5.63. The summed E-state index contributed by atoms with van der Waals surface area (Å²) >= 11 is 0. The van der Waals surface area contributed by atoms with Crippen LogP contribution in [0.15, 0.2) is 0 Å². The summed E-state index contributed by atoms with van der Waals surface area (Å²) in [7, 11) is 1.67. The van der Waals surface area contributed by atoms with E-state index in [9.17, 15) is 8.78 Å². The highest BCUT2D eigenvalue weighted by Crippen LogP contribution is 2.20. The van der Waals surface area contributed by atoms with E-state index in [2.05, 4.69) is 6.07 Å². The predicted octanol–water partition coefficient (Wildman–Crippen LogP) is 2.51. The predicted molar refractivity (Wildman–Crippen MR) is 52.1 cm³/mol. The van der Waals surface area contributed by atoms with E-state index in [0.717, 1.165) is 12.8 Å². The van der Waals surface area contributed by atoms with E-state index in [1.165, 1.54) is 0 Å². The highest BCUT2D eigenvalue weighted by atomic mass is 19.3. The molecule has 0 rings (SSSR count). The van der Waals surface area contributed by atoms with Crippen LogP contribution in [-0.4, -0.2) is 31.5 Å². The number of hydrogen-bond donors (Lipinski definition) is 0. The normalized spacial score (nSPS) is 12.1. The molecule has 2 nitrogen and oxygen atoms in total. The molecule has 0 N–H and O–H groups in total. The lowest BCUT2D eigenvalue weighted by Crippen LogP contribution is -2.26. The summed E-state index contributed by atoms with van der Waals surface area (Å²) in [5.41, 5.74) is -0.342. The van der Waals surface area contributed by atoms with Crippen molar-refractivity contribution < 1.29 is 8.78 Å². The number of nitrogens with zero attached hydrogens (tertiary/aromatic N) is 2. The van der Waals surface area contributed by atoms with Gasteiger partial charge in [-0.1, -0.05) is 0 Å². The first kappa shape index (κ1) is 13.3. The fourth-order valence-corrected chi connectivity index (χ4v) is 1.17. The van der Waals surface area contributed by atoms with E-state index in [-0.39, 0.29) is 12.0 Å². The van der Waals surface area contributed by atoms with Crippen LogP contribution in [0.1, 0.15) is 26.7 Å². The molecule has 0 radical (unpaired) electrons. The van der Waals surface area contributed by atoms with Crippen molar-refractivity contribution >= 4 is 0 Å². The molecule has 0 aromatic carbocycles. The Labute approximate surface area is 84.5 Å². The second-order valence-corrected chi connectivity index (χ2v) is 4.25. The summed E-state index contributed by atoms with van der Waals surface area (Å²) in [6.45, 7) is 4.16. The molecule has 0 saturated heterocycles. The van der Waals surface area contributed by atoms with Crippen LogP contribution >= 0.6 is 0 Å². The van der Waals surface area contributed by atoms with Crippen LogP contribution in [0.25, 0.3) is 0 Å². The van der Waals surface area contributed by atoms with Crippen LogP contribution in [0.3, 0.4) is 0 Å². The standard InChI is InChI=1S/C10H18F2N2/c1-10(2,8-13)5-4-6-14(3)7-9(11)12/h9H,4-7H2,1-3H3. The molecule has 0 aromatic heterocycles. The summed E-state index contributed by atoms with van der Waals surface area (Å²) in [5, 5.41) is 8.72. The first-order valence-electron chi connectivity index (χ1n) is 4.75. The summed E-state index contributed by atoms with van der Waals surface area (Å²) in [4.78, 5) is 1.60. The maximum atomic E-state index is 11.9. The Balaban J connectivity index is 3.60. The highest BCUT2D eigenvalue weighted by Gasteiger charge is 2.16. The Morgan fingerprint density at radius 1 is 1.43 bits per heavy atom. The van der Waals surface area contributed by atoms with E-state index in [1.54, 1.807) is 11.9 Å². The molecule has 0 fully saturated rings. The second-order valence-electron chi connectivity index (χ2n) is 4.25. The third-order valence-electron chi connectivity index (χ3n) is 2.09. The molecule has 0 aliphatic carbocycles. The molecule has 0 saturated carbocycles. The van der Waals surface area contributed by atoms with Crippen LogP contribution in [0, 0.1) is 16.7 Å². The third kappa shape index (κ3) is 6.79. The van der Waals surface area contributed by atoms with Gasteiger partial charge in [0, 0.05) is 0 Å². The van der Waals surface area contributed by atoms with Crippen LogP contribution in [0.2, 0.25) is 0 Å². The van der Waals surface area contributed by atoms with E-state index >= 15 is 0 Å². The zero-order valence-corrected chi connectivity index (χ0v) is 9.06. The fourth-order valence-electron chi connectivity index (χ4n) is 1.17. The van der Waals surface area contributed by atoms with Gasteiger partial charge >= 0.3 is 0 Å². The van der Waals surface area contributed by atoms with Crippen molar-refractivity contribution in [2.24, 2.45) is 5.41 Å². The molecule has 0 heterocycles. The third-order valence-corrected chi connectivity index (χ3v) is 2.09. The monoisotopic (exact) mass is 204 g/mol. The van der Waals surface area contributed by atoms with Crippen molar-refractivity contribution in [3.63, 3.8) is 0 Å². The summed E-state index contributed by atoms with van der Waals surface area (Å²) in [6, 6.07) is 2.19. The highest BCUT2D eigenvalue weighted by molar-refractivity contribution is 4.91. The number of nitriles is 1. The van der Waals surface area contributed by atoms with Gasteiger partial charge in [-0.3, -0.25) is 0 Å². The SMILES string of the molecule is CN(CCCC(C)(C)C#N)CC(F)F. The lowest BCUT2D eigenvalue weighted by atomic mass is 9.90. The number of alkyl halides is 2. The molecule has 0 amide bonds. The van der Waals surface area contributed by atoms with Gasteiger partial charge in [-0.25, -0.2) is 8.78 Å². The van der Waals surface area contributed by atoms with Gasteiger partial charge in [0.1, 0.15) is 0 Å². The first-order chi connectivity index (χ1) is 6.37. The Hall–Kier alpha value is -0.690. The van der Waals surface area contributed by atoms with Crippen LogP contribution < -0.4 is 0 Å². The molecule has 4 heteroatoms. The largest absolute Gasteiger partial charge is 0.301 e. The van der Waals surface area contributed by atoms with E-state index in [4.69, 9.17) is 5.26 Å². The zero-order valence-electron chi connectivity index (χ0n) is 9.06. The molecule has 14 heavy (non-hydrogen) atoms. The van der Waals surface area contributed by atoms with Gasteiger partial charge in [0.2, 0.25) is 0 Å². The van der Waals surface area contributed by atoms with Gasteiger partial charge < -0.3 is 4.90 Å². The molecule has 0 aromatic rings. The fraction of sp³-hybridized carbons (Fsp3) is 0.900. The van der Waals surface area contributed by atoms with Gasteiger partial charge in [0.15, 0.2) is 0 Å². The van der Waals surface area contributed by atoms with Crippen LogP contribution in [0.5, 0.6) is 0 Å². The minimum Gasteiger partial charge on any atom is -0.301 e. The zero-order chi connectivity index (χ0) is 11.2. The molecule has 0 atom stereocenters. The molecular formula is C10H18F2N2. The average molecular weight is 204 g/mol. The maximum Gasteiger partial charge on any atom is 0.251 e. The van der Waals surface area contributed by atoms with Gasteiger partial charge in [-0.05, 0) is 40.3 Å². The smallest absolute Gasteiger partial charge is 0.251 e. The van der Waals surface area contributed by atoms with Crippen molar-refractivity contribution in [2.45, 2.75) is 33.1 Å². The average Bonchev–Trinajstić information content (AvgIpc) is 2.02. The van der Waals surface area contributed by atoms with Crippen molar-refractivity contribution in [3.05, 3.63) is 0 Å². The molecular weight excluding hydrogens is 186 g/mol. The van der Waals surface area contributed by atoms with Gasteiger partial charge in [-0.15, -0.1) is 0 Å². The lowest BCUT2D eigenvalue weighted by molar-refractivity contribution is 0.0987. The molecule has 82 valence electrons. The minimum atomic E-state index is -2.27. The van der Waals surface area contributed by atoms with Crippen molar-refractivity contribution in [1.29, 1.82) is 5.26 Å². The summed E-state index contributed by atoms with van der Waals surface area (Å²) in [5.74, 6) is 0. The minimum absolute atomic E-state index is 0.188. The van der Waals surface area contributed by atoms with E-state index < -0.39 is 6.43 Å². The molecule has 0 spiro atoms. The second kappa shape index (κ2) is 5.92. The maximum absolute atomic E-state index is 11.9. The Bertz CT molecular complexity index is 197. The number of halogens is 2. The lowest BCUT2D eigenvalue weighted by Gasteiger charge is -2.19. The Morgan fingerprint density at radius 2 is 2.00 bits per heavy atom. The summed E-state index contributed by atoms with van der Waals surface area (Å²) in [6.07, 6.45) is -0.745. The van der Waals surface area contributed by atoms with E-state index in [0.29, 0.717) is 6.54 Å².